The third kappa shape index (κ3) is 5.65. The van der Waals surface area contributed by atoms with Gasteiger partial charge in [-0.15, -0.1) is 15.3 Å². The molecule has 0 fully saturated rings. The summed E-state index contributed by atoms with van der Waals surface area (Å²) in [4.78, 5) is 20.7. The molecule has 0 aromatic carbocycles. The van der Waals surface area contributed by atoms with Gasteiger partial charge in [0, 0.05) is 54.9 Å². The van der Waals surface area contributed by atoms with Gasteiger partial charge in [-0.05, 0) is 12.1 Å². The predicted octanol–water partition coefficient (Wildman–Crippen LogP) is 3.74. The quantitative estimate of drug-likeness (QED) is 0.367. The van der Waals surface area contributed by atoms with Crippen molar-refractivity contribution in [1.82, 2.24) is 58.7 Å². The van der Waals surface area contributed by atoms with Crippen molar-refractivity contribution in [2.45, 2.75) is 59.3 Å². The average Bonchev–Trinajstić information content (AvgIpc) is 3.61. The summed E-state index contributed by atoms with van der Waals surface area (Å²) in [6.45, 7) is 12.4. The van der Waals surface area contributed by atoms with Crippen molar-refractivity contribution < 1.29 is 0 Å². The van der Waals surface area contributed by atoms with Gasteiger partial charge in [0.15, 0.2) is 17.3 Å². The highest BCUT2D eigenvalue weighted by Gasteiger charge is 2.08. The second-order valence-corrected chi connectivity index (χ2v) is 9.00. The maximum atomic E-state index is 4.30. The fraction of sp³-hybridized carbons (Fsp3) is 0.375. The largest absolute Gasteiger partial charge is 0.270 e. The molecule has 0 aliphatic rings. The molecular weight excluding hydrogens is 456 g/mol. The van der Waals surface area contributed by atoms with Crippen molar-refractivity contribution >= 4 is 17.2 Å². The molecule has 0 radical (unpaired) electrons. The molecule has 0 saturated carbocycles. The normalized spacial score (nSPS) is 11.2. The van der Waals surface area contributed by atoms with Gasteiger partial charge in [0.05, 0.1) is 6.20 Å². The van der Waals surface area contributed by atoms with Crippen molar-refractivity contribution in [2.75, 3.05) is 0 Å². The summed E-state index contributed by atoms with van der Waals surface area (Å²) in [6, 6.07) is 3.72. The zero-order chi connectivity index (χ0) is 25.7. The maximum Gasteiger partial charge on any atom is 0.254 e. The van der Waals surface area contributed by atoms with Crippen LogP contribution in [0, 0.1) is 0 Å². The van der Waals surface area contributed by atoms with Gasteiger partial charge in [0.25, 0.3) is 11.6 Å². The van der Waals surface area contributed by atoms with Crippen LogP contribution in [0.5, 0.6) is 0 Å². The van der Waals surface area contributed by atoms with Crippen molar-refractivity contribution in [3.63, 3.8) is 0 Å². The van der Waals surface area contributed by atoms with Crippen LogP contribution in [-0.2, 0) is 0 Å². The minimum absolute atomic E-state index is 0.353. The Morgan fingerprint density at radius 1 is 0.639 bits per heavy atom. The summed E-state index contributed by atoms with van der Waals surface area (Å²) < 4.78 is 5.34. The van der Waals surface area contributed by atoms with Gasteiger partial charge < -0.3 is 0 Å². The standard InChI is InChI=1S/3C8H10N4/c1-6(2)8-10-7-5-9-3-4-12(7)11-8;1-6(2)7-10-11-8-9-4-3-5-12(7)8;1-6(2)7-10-8-9-4-3-5-12(8)11-7/h3*3-6H,1-2H3. The first-order chi connectivity index (χ1) is 17.3. The number of hydrogen-bond donors (Lipinski definition) is 0. The van der Waals surface area contributed by atoms with Crippen LogP contribution in [0.2, 0.25) is 0 Å². The lowest BCUT2D eigenvalue weighted by atomic mass is 10.2. The van der Waals surface area contributed by atoms with Crippen LogP contribution < -0.4 is 0 Å². The zero-order valence-electron chi connectivity index (χ0n) is 21.3. The molecule has 0 aliphatic heterocycles. The molecular formula is C24H30N12. The molecule has 6 rings (SSSR count). The van der Waals surface area contributed by atoms with Crippen LogP contribution in [-0.4, -0.2) is 58.7 Å². The van der Waals surface area contributed by atoms with Crippen LogP contribution >= 0.6 is 0 Å². The van der Waals surface area contributed by atoms with Gasteiger partial charge in [-0.2, -0.15) is 10.1 Å². The number of rotatable bonds is 3. The zero-order valence-corrected chi connectivity index (χ0v) is 21.3. The first-order valence-electron chi connectivity index (χ1n) is 11.8. The van der Waals surface area contributed by atoms with Crippen LogP contribution in [0.15, 0.2) is 55.5 Å². The lowest BCUT2D eigenvalue weighted by Gasteiger charge is -1.99. The van der Waals surface area contributed by atoms with Gasteiger partial charge >= 0.3 is 0 Å². The van der Waals surface area contributed by atoms with E-state index in [4.69, 9.17) is 0 Å². The first-order valence-corrected chi connectivity index (χ1v) is 11.8. The Morgan fingerprint density at radius 3 is 1.97 bits per heavy atom. The molecule has 186 valence electrons. The highest BCUT2D eigenvalue weighted by Crippen LogP contribution is 2.11. The Bertz CT molecular complexity index is 1390. The molecule has 6 aromatic heterocycles. The van der Waals surface area contributed by atoms with Crippen LogP contribution in [0.4, 0.5) is 0 Å². The van der Waals surface area contributed by atoms with Crippen molar-refractivity contribution in [3.05, 3.63) is 73.0 Å². The Balaban J connectivity index is 0.000000127. The summed E-state index contributed by atoms with van der Waals surface area (Å²) in [5.41, 5.74) is 0.807. The Morgan fingerprint density at radius 2 is 1.31 bits per heavy atom. The third-order valence-corrected chi connectivity index (χ3v) is 5.06. The summed E-state index contributed by atoms with van der Waals surface area (Å²) in [7, 11) is 0. The Kier molecular flexibility index (Phi) is 7.52. The minimum Gasteiger partial charge on any atom is -0.270 e. The number of nitrogens with zero attached hydrogens (tertiary/aromatic N) is 12. The number of fused-ring (bicyclic) bond motifs is 3. The van der Waals surface area contributed by atoms with Crippen molar-refractivity contribution in [1.29, 1.82) is 0 Å². The molecule has 0 saturated heterocycles. The van der Waals surface area contributed by atoms with E-state index >= 15 is 0 Å². The Labute approximate surface area is 208 Å². The van der Waals surface area contributed by atoms with Crippen LogP contribution in [0.1, 0.15) is 76.8 Å². The SMILES string of the molecule is CC(C)c1nc2cnccn2n1.CC(C)c1nc2ncccn2n1.CC(C)c1nnc2ncccn12. The lowest BCUT2D eigenvalue weighted by Crippen LogP contribution is -1.96. The van der Waals surface area contributed by atoms with E-state index in [1.807, 2.05) is 28.9 Å². The van der Waals surface area contributed by atoms with E-state index in [1.54, 1.807) is 40.0 Å². The fourth-order valence-corrected chi connectivity index (χ4v) is 3.15. The molecule has 12 heteroatoms. The van der Waals surface area contributed by atoms with Crippen LogP contribution in [0.3, 0.4) is 0 Å². The maximum absolute atomic E-state index is 4.30. The van der Waals surface area contributed by atoms with E-state index in [1.165, 1.54) is 0 Å². The third-order valence-electron chi connectivity index (χ3n) is 5.06. The molecule has 6 aromatic rings. The molecule has 0 bridgehead atoms. The van der Waals surface area contributed by atoms with Crippen molar-refractivity contribution in [3.8, 4) is 0 Å². The topological polar surface area (TPSA) is 129 Å². The second kappa shape index (κ2) is 10.9. The lowest BCUT2D eigenvalue weighted by molar-refractivity contribution is 0.758. The van der Waals surface area contributed by atoms with Crippen molar-refractivity contribution in [2.24, 2.45) is 0 Å². The van der Waals surface area contributed by atoms with Gasteiger partial charge in [0.2, 0.25) is 0 Å². The van der Waals surface area contributed by atoms with Gasteiger partial charge in [-0.25, -0.2) is 24.0 Å². The van der Waals surface area contributed by atoms with E-state index < -0.39 is 0 Å². The van der Waals surface area contributed by atoms with E-state index in [9.17, 15) is 0 Å². The molecule has 12 nitrogen and oxygen atoms in total. The highest BCUT2D eigenvalue weighted by atomic mass is 15.3. The molecule has 0 aliphatic carbocycles. The molecule has 0 spiro atoms. The van der Waals surface area contributed by atoms with E-state index in [2.05, 4.69) is 86.9 Å². The molecule has 6 heterocycles. The summed E-state index contributed by atoms with van der Waals surface area (Å²) >= 11 is 0. The van der Waals surface area contributed by atoms with E-state index in [0.29, 0.717) is 29.3 Å². The number of hydrogen-bond acceptors (Lipinski definition) is 9. The summed E-state index contributed by atoms with van der Waals surface area (Å²) in [6.07, 6.45) is 12.4. The molecule has 0 unspecified atom stereocenters. The minimum atomic E-state index is 0.353. The number of aromatic nitrogens is 12. The monoisotopic (exact) mass is 486 g/mol. The first kappa shape index (κ1) is 24.8. The molecule has 0 N–H and O–H groups in total. The smallest absolute Gasteiger partial charge is 0.254 e. The fourth-order valence-electron chi connectivity index (χ4n) is 3.15. The van der Waals surface area contributed by atoms with Gasteiger partial charge in [-0.3, -0.25) is 9.38 Å². The second-order valence-electron chi connectivity index (χ2n) is 9.00. The van der Waals surface area contributed by atoms with Gasteiger partial charge in [0.1, 0.15) is 5.82 Å². The summed E-state index contributed by atoms with van der Waals surface area (Å²) in [5.74, 6) is 5.10. The predicted molar refractivity (Wildman–Crippen MR) is 135 cm³/mol. The molecule has 0 amide bonds. The van der Waals surface area contributed by atoms with Gasteiger partial charge in [-0.1, -0.05) is 41.5 Å². The molecule has 36 heavy (non-hydrogen) atoms. The van der Waals surface area contributed by atoms with Crippen LogP contribution in [0.25, 0.3) is 17.2 Å². The Hall–Kier alpha value is -4.35. The summed E-state index contributed by atoms with van der Waals surface area (Å²) in [5, 5.41) is 16.5. The highest BCUT2D eigenvalue weighted by molar-refractivity contribution is 5.33. The molecule has 0 atom stereocenters. The van der Waals surface area contributed by atoms with E-state index in [0.717, 1.165) is 23.1 Å². The van der Waals surface area contributed by atoms with E-state index in [-0.39, 0.29) is 0 Å². The average molecular weight is 487 g/mol.